The molecule has 0 bridgehead atoms. The van der Waals surface area contributed by atoms with Crippen molar-refractivity contribution in [3.8, 4) is 5.75 Å². The topological polar surface area (TPSA) is 116 Å². The van der Waals surface area contributed by atoms with E-state index in [1.807, 2.05) is 27.7 Å². The predicted octanol–water partition coefficient (Wildman–Crippen LogP) is 3.55. The molecule has 2 amide bonds. The van der Waals surface area contributed by atoms with E-state index in [0.717, 1.165) is 0 Å². The number of rotatable bonds is 8. The van der Waals surface area contributed by atoms with Crippen LogP contribution in [-0.4, -0.2) is 71.9 Å². The normalized spacial score (nSPS) is 18.7. The highest BCUT2D eigenvalue weighted by Crippen LogP contribution is 2.29. The highest BCUT2D eigenvalue weighted by molar-refractivity contribution is 5.91. The third-order valence-corrected chi connectivity index (χ3v) is 5.45. The SMILES string of the molecule is C=C(OCC)c1cncc(O[C@@H]2C[C@@H](C(=O)OC)N(C(=O)[C@@H](NC(=O)OC(C)(C)C)C(C)(C)C)C2)c1. The molecular formula is C26H39N3O7. The molecule has 2 heterocycles. The van der Waals surface area contributed by atoms with Gasteiger partial charge in [0.25, 0.3) is 0 Å². The summed E-state index contributed by atoms with van der Waals surface area (Å²) in [7, 11) is 1.27. The summed E-state index contributed by atoms with van der Waals surface area (Å²) in [6.45, 7) is 17.0. The van der Waals surface area contributed by atoms with Crippen LogP contribution >= 0.6 is 0 Å². The molecule has 0 aliphatic carbocycles. The molecule has 200 valence electrons. The Kier molecular flexibility index (Phi) is 9.34. The van der Waals surface area contributed by atoms with Crippen molar-refractivity contribution in [1.29, 1.82) is 0 Å². The number of hydrogen-bond donors (Lipinski definition) is 1. The lowest BCUT2D eigenvalue weighted by atomic mass is 9.85. The fourth-order valence-electron chi connectivity index (χ4n) is 3.81. The average molecular weight is 506 g/mol. The van der Waals surface area contributed by atoms with E-state index in [9.17, 15) is 14.4 Å². The molecule has 1 aliphatic heterocycles. The van der Waals surface area contributed by atoms with Crippen LogP contribution in [0.5, 0.6) is 5.75 Å². The average Bonchev–Trinajstić information content (AvgIpc) is 3.18. The van der Waals surface area contributed by atoms with Gasteiger partial charge in [-0.3, -0.25) is 9.78 Å². The van der Waals surface area contributed by atoms with Gasteiger partial charge in [0, 0.05) is 18.2 Å². The van der Waals surface area contributed by atoms with Crippen molar-refractivity contribution in [2.75, 3.05) is 20.3 Å². The molecule has 1 saturated heterocycles. The first-order valence-corrected chi connectivity index (χ1v) is 12.0. The Morgan fingerprint density at radius 1 is 1.19 bits per heavy atom. The number of amides is 2. The monoisotopic (exact) mass is 505 g/mol. The largest absolute Gasteiger partial charge is 0.494 e. The van der Waals surface area contributed by atoms with E-state index < -0.39 is 47.2 Å². The molecule has 2 rings (SSSR count). The minimum Gasteiger partial charge on any atom is -0.494 e. The molecular weight excluding hydrogens is 466 g/mol. The number of hydrogen-bond acceptors (Lipinski definition) is 8. The zero-order chi connectivity index (χ0) is 27.3. The Bertz CT molecular complexity index is 965. The highest BCUT2D eigenvalue weighted by atomic mass is 16.6. The van der Waals surface area contributed by atoms with Gasteiger partial charge in [0.2, 0.25) is 5.91 Å². The van der Waals surface area contributed by atoms with Gasteiger partial charge in [0.05, 0.1) is 26.5 Å². The lowest BCUT2D eigenvalue weighted by molar-refractivity contribution is -0.152. The number of carbonyl (C=O) groups excluding carboxylic acids is 3. The van der Waals surface area contributed by atoms with Crippen molar-refractivity contribution in [3.05, 3.63) is 30.6 Å². The standard InChI is InChI=1S/C26H39N3O7/c1-10-34-16(2)17-11-18(14-27-13-17)35-19-12-20(23(31)33-9)29(15-19)22(30)21(25(3,4)5)28-24(32)36-26(6,7)8/h11,13-14,19-21H,2,10,12,15H2,1,3-9H3,(H,28,32)/t19-,20+,21-/m1/s1. The number of methoxy groups -OCH3 is 1. The van der Waals surface area contributed by atoms with E-state index in [1.54, 1.807) is 39.2 Å². The van der Waals surface area contributed by atoms with Gasteiger partial charge in [-0.25, -0.2) is 9.59 Å². The Morgan fingerprint density at radius 2 is 1.86 bits per heavy atom. The molecule has 1 N–H and O–H groups in total. The minimum absolute atomic E-state index is 0.123. The molecule has 1 aromatic rings. The number of pyridine rings is 1. The van der Waals surface area contributed by atoms with Gasteiger partial charge in [0.1, 0.15) is 35.3 Å². The van der Waals surface area contributed by atoms with E-state index in [0.29, 0.717) is 23.7 Å². The first-order valence-electron chi connectivity index (χ1n) is 12.0. The van der Waals surface area contributed by atoms with E-state index >= 15 is 0 Å². The van der Waals surface area contributed by atoms with Crippen molar-refractivity contribution in [2.24, 2.45) is 5.41 Å². The van der Waals surface area contributed by atoms with Crippen molar-refractivity contribution >= 4 is 23.7 Å². The third kappa shape index (κ3) is 7.86. The highest BCUT2D eigenvalue weighted by Gasteiger charge is 2.46. The van der Waals surface area contributed by atoms with Crippen molar-refractivity contribution in [1.82, 2.24) is 15.2 Å². The maximum atomic E-state index is 13.7. The second kappa shape index (κ2) is 11.6. The van der Waals surface area contributed by atoms with Crippen LogP contribution in [0.15, 0.2) is 25.0 Å². The quantitative estimate of drug-likeness (QED) is 0.421. The summed E-state index contributed by atoms with van der Waals surface area (Å²) in [6, 6.07) is -0.0740. The molecule has 1 aromatic heterocycles. The Labute approximate surface area is 213 Å². The van der Waals surface area contributed by atoms with Crippen LogP contribution in [0.4, 0.5) is 4.79 Å². The summed E-state index contributed by atoms with van der Waals surface area (Å²) in [5, 5.41) is 2.69. The molecule has 36 heavy (non-hydrogen) atoms. The van der Waals surface area contributed by atoms with Crippen LogP contribution in [0.2, 0.25) is 0 Å². The van der Waals surface area contributed by atoms with Crippen LogP contribution in [0, 0.1) is 5.41 Å². The van der Waals surface area contributed by atoms with E-state index in [-0.39, 0.29) is 13.0 Å². The second-order valence-electron chi connectivity index (χ2n) is 10.7. The lowest BCUT2D eigenvalue weighted by Crippen LogP contribution is -2.57. The smallest absolute Gasteiger partial charge is 0.408 e. The van der Waals surface area contributed by atoms with Gasteiger partial charge in [-0.2, -0.15) is 0 Å². The van der Waals surface area contributed by atoms with Crippen molar-refractivity contribution in [3.63, 3.8) is 0 Å². The number of nitrogens with zero attached hydrogens (tertiary/aromatic N) is 2. The maximum absolute atomic E-state index is 13.7. The number of likely N-dealkylation sites (tertiary alicyclic amines) is 1. The maximum Gasteiger partial charge on any atom is 0.408 e. The van der Waals surface area contributed by atoms with E-state index in [4.69, 9.17) is 18.9 Å². The minimum atomic E-state index is -0.947. The van der Waals surface area contributed by atoms with E-state index in [1.165, 1.54) is 12.0 Å². The number of nitrogens with one attached hydrogen (secondary N) is 1. The van der Waals surface area contributed by atoms with Crippen LogP contribution in [-0.2, 0) is 23.8 Å². The first kappa shape index (κ1) is 28.9. The molecule has 10 nitrogen and oxygen atoms in total. The molecule has 0 radical (unpaired) electrons. The van der Waals surface area contributed by atoms with Crippen LogP contribution in [0.1, 0.15) is 60.5 Å². The number of ether oxygens (including phenoxy) is 4. The summed E-state index contributed by atoms with van der Waals surface area (Å²) in [4.78, 5) is 44.4. The van der Waals surface area contributed by atoms with Crippen LogP contribution in [0.25, 0.3) is 5.76 Å². The summed E-state index contributed by atoms with van der Waals surface area (Å²) < 4.78 is 21.8. The fourth-order valence-corrected chi connectivity index (χ4v) is 3.81. The van der Waals surface area contributed by atoms with Gasteiger partial charge >= 0.3 is 12.1 Å². The van der Waals surface area contributed by atoms with Gasteiger partial charge in [0.15, 0.2) is 0 Å². The Morgan fingerprint density at radius 3 is 2.42 bits per heavy atom. The summed E-state index contributed by atoms with van der Waals surface area (Å²) in [6.07, 6.45) is 2.16. The number of esters is 1. The molecule has 1 fully saturated rings. The molecule has 10 heteroatoms. The molecule has 3 atom stereocenters. The Balaban J connectivity index is 2.25. The van der Waals surface area contributed by atoms with Gasteiger partial charge in [-0.1, -0.05) is 27.4 Å². The molecule has 0 spiro atoms. The predicted molar refractivity (Wildman–Crippen MR) is 134 cm³/mol. The number of carbonyl (C=O) groups is 3. The molecule has 1 aliphatic rings. The summed E-state index contributed by atoms with van der Waals surface area (Å²) in [5.74, 6) is -0.0645. The molecule has 0 unspecified atom stereocenters. The van der Waals surface area contributed by atoms with E-state index in [2.05, 4.69) is 16.9 Å². The van der Waals surface area contributed by atoms with Crippen LogP contribution < -0.4 is 10.1 Å². The first-order chi connectivity index (χ1) is 16.7. The number of aromatic nitrogens is 1. The fraction of sp³-hybridized carbons (Fsp3) is 0.615. The second-order valence-corrected chi connectivity index (χ2v) is 10.7. The van der Waals surface area contributed by atoms with Crippen LogP contribution in [0.3, 0.4) is 0 Å². The number of alkyl carbamates (subject to hydrolysis) is 1. The molecule has 0 saturated carbocycles. The van der Waals surface area contributed by atoms with Gasteiger partial charge in [-0.05, 0) is 39.2 Å². The summed E-state index contributed by atoms with van der Waals surface area (Å²) >= 11 is 0. The molecule has 0 aromatic carbocycles. The Hall–Kier alpha value is -3.30. The van der Waals surface area contributed by atoms with Gasteiger partial charge in [-0.15, -0.1) is 0 Å². The lowest BCUT2D eigenvalue weighted by Gasteiger charge is -2.35. The summed E-state index contributed by atoms with van der Waals surface area (Å²) in [5.41, 5.74) is -0.725. The van der Waals surface area contributed by atoms with Gasteiger partial charge < -0.3 is 29.2 Å². The zero-order valence-corrected chi connectivity index (χ0v) is 22.5. The third-order valence-electron chi connectivity index (χ3n) is 5.45. The van der Waals surface area contributed by atoms with Crippen molar-refractivity contribution in [2.45, 2.75) is 78.7 Å². The zero-order valence-electron chi connectivity index (χ0n) is 22.5. The van der Waals surface area contributed by atoms with Crippen molar-refractivity contribution < 1.29 is 33.3 Å².